The quantitative estimate of drug-likeness (QED) is 0.385. The number of amides is 1. The first-order chi connectivity index (χ1) is 5.11. The molecule has 1 fully saturated rings. The number of halogens is 1. The van der Waals surface area contributed by atoms with E-state index in [1.54, 1.807) is 16.8 Å². The molecule has 1 saturated heterocycles. The fourth-order valence-electron chi connectivity index (χ4n) is 0.964. The van der Waals surface area contributed by atoms with E-state index in [0.717, 1.165) is 0 Å². The first-order valence-corrected chi connectivity index (χ1v) is 3.44. The Morgan fingerprint density at radius 3 is 2.58 bits per heavy atom. The highest BCUT2D eigenvalue weighted by Gasteiger charge is 2.20. The molecule has 6 heteroatoms. The Morgan fingerprint density at radius 2 is 2.17 bits per heavy atom. The van der Waals surface area contributed by atoms with E-state index in [1.807, 2.05) is 0 Å². The molecular weight excluding hydrogens is 180 g/mol. The van der Waals surface area contributed by atoms with Crippen molar-refractivity contribution in [3.05, 3.63) is 0 Å². The molecule has 0 aliphatic carbocycles. The molecule has 0 aromatic rings. The molecule has 0 unspecified atom stereocenters. The number of carbonyl (C=O) groups is 1. The van der Waals surface area contributed by atoms with E-state index in [2.05, 4.69) is 0 Å². The van der Waals surface area contributed by atoms with E-state index >= 15 is 0 Å². The normalized spacial score (nSPS) is 17.2. The van der Waals surface area contributed by atoms with Gasteiger partial charge in [-0.15, -0.1) is 12.4 Å². The largest absolute Gasteiger partial charge is 0.370 e. The Morgan fingerprint density at radius 1 is 1.58 bits per heavy atom. The SMILES string of the molecule is CN1CCN(C(=N)N)CC1=O.Cl. The molecule has 0 saturated carbocycles. The van der Waals surface area contributed by atoms with Crippen LogP contribution in [-0.2, 0) is 4.79 Å². The van der Waals surface area contributed by atoms with Gasteiger partial charge in [0.1, 0.15) is 0 Å². The van der Waals surface area contributed by atoms with Gasteiger partial charge < -0.3 is 15.5 Å². The van der Waals surface area contributed by atoms with Crippen molar-refractivity contribution >= 4 is 24.3 Å². The van der Waals surface area contributed by atoms with Gasteiger partial charge in [-0.05, 0) is 0 Å². The summed E-state index contributed by atoms with van der Waals surface area (Å²) in [4.78, 5) is 14.2. The first-order valence-electron chi connectivity index (χ1n) is 3.44. The molecule has 70 valence electrons. The van der Waals surface area contributed by atoms with Gasteiger partial charge in [0.15, 0.2) is 5.96 Å². The van der Waals surface area contributed by atoms with Crippen molar-refractivity contribution in [2.45, 2.75) is 0 Å². The van der Waals surface area contributed by atoms with Crippen molar-refractivity contribution in [3.63, 3.8) is 0 Å². The van der Waals surface area contributed by atoms with Crippen LogP contribution in [0.2, 0.25) is 0 Å². The zero-order valence-corrected chi connectivity index (χ0v) is 7.73. The van der Waals surface area contributed by atoms with E-state index < -0.39 is 0 Å². The van der Waals surface area contributed by atoms with Crippen molar-refractivity contribution < 1.29 is 4.79 Å². The minimum absolute atomic E-state index is 0. The van der Waals surface area contributed by atoms with Crippen LogP contribution < -0.4 is 5.73 Å². The smallest absolute Gasteiger partial charge is 0.242 e. The molecule has 1 heterocycles. The van der Waals surface area contributed by atoms with Gasteiger partial charge in [-0.3, -0.25) is 10.2 Å². The van der Waals surface area contributed by atoms with Crippen molar-refractivity contribution in [3.8, 4) is 0 Å². The number of hydrogen-bond acceptors (Lipinski definition) is 2. The number of nitrogens with two attached hydrogens (primary N) is 1. The summed E-state index contributed by atoms with van der Waals surface area (Å²) in [7, 11) is 1.75. The lowest BCUT2D eigenvalue weighted by atomic mass is 10.3. The maximum absolute atomic E-state index is 11.0. The summed E-state index contributed by atoms with van der Waals surface area (Å²) >= 11 is 0. The summed E-state index contributed by atoms with van der Waals surface area (Å²) in [6.45, 7) is 1.56. The number of nitrogens with one attached hydrogen (secondary N) is 1. The van der Waals surface area contributed by atoms with Crippen LogP contribution in [0.3, 0.4) is 0 Å². The van der Waals surface area contributed by atoms with Gasteiger partial charge >= 0.3 is 0 Å². The number of rotatable bonds is 0. The van der Waals surface area contributed by atoms with Gasteiger partial charge in [-0.1, -0.05) is 0 Å². The number of piperazine rings is 1. The minimum Gasteiger partial charge on any atom is -0.370 e. The number of likely N-dealkylation sites (N-methyl/N-ethyl adjacent to an activating group) is 1. The number of carbonyl (C=O) groups excluding carboxylic acids is 1. The van der Waals surface area contributed by atoms with Crippen molar-refractivity contribution in [1.82, 2.24) is 9.80 Å². The van der Waals surface area contributed by atoms with Gasteiger partial charge in [0.25, 0.3) is 0 Å². The second kappa shape index (κ2) is 4.15. The van der Waals surface area contributed by atoms with Gasteiger partial charge in [-0.25, -0.2) is 0 Å². The average Bonchev–Trinajstić information content (AvgIpc) is 1.94. The molecule has 1 aliphatic rings. The lowest BCUT2D eigenvalue weighted by Gasteiger charge is -2.31. The summed E-state index contributed by atoms with van der Waals surface area (Å²) in [5.41, 5.74) is 5.21. The second-order valence-corrected chi connectivity index (χ2v) is 2.62. The first kappa shape index (κ1) is 11.0. The summed E-state index contributed by atoms with van der Waals surface area (Å²) in [6, 6.07) is 0. The molecule has 0 aromatic heterocycles. The molecule has 1 rings (SSSR count). The van der Waals surface area contributed by atoms with Crippen molar-refractivity contribution in [2.75, 3.05) is 26.7 Å². The van der Waals surface area contributed by atoms with Crippen molar-refractivity contribution in [2.24, 2.45) is 5.73 Å². The van der Waals surface area contributed by atoms with Crippen LogP contribution in [0.1, 0.15) is 0 Å². The van der Waals surface area contributed by atoms with Crippen LogP contribution in [0.25, 0.3) is 0 Å². The monoisotopic (exact) mass is 192 g/mol. The molecule has 0 radical (unpaired) electrons. The van der Waals surface area contributed by atoms with Gasteiger partial charge in [-0.2, -0.15) is 0 Å². The van der Waals surface area contributed by atoms with Gasteiger partial charge in [0, 0.05) is 20.1 Å². The van der Waals surface area contributed by atoms with Crippen LogP contribution in [-0.4, -0.2) is 48.3 Å². The summed E-state index contributed by atoms with van der Waals surface area (Å²) in [5.74, 6) is -0.00194. The fraction of sp³-hybridized carbons (Fsp3) is 0.667. The van der Waals surface area contributed by atoms with Gasteiger partial charge in [0.05, 0.1) is 6.54 Å². The maximum Gasteiger partial charge on any atom is 0.242 e. The van der Waals surface area contributed by atoms with Crippen LogP contribution in [0.5, 0.6) is 0 Å². The third kappa shape index (κ3) is 2.27. The predicted molar refractivity (Wildman–Crippen MR) is 48.4 cm³/mol. The van der Waals surface area contributed by atoms with Crippen LogP contribution in [0.4, 0.5) is 0 Å². The highest BCUT2D eigenvalue weighted by atomic mass is 35.5. The topological polar surface area (TPSA) is 73.4 Å². The van der Waals surface area contributed by atoms with E-state index in [9.17, 15) is 4.79 Å². The maximum atomic E-state index is 11.0. The Kier molecular flexibility index (Phi) is 3.82. The fourth-order valence-corrected chi connectivity index (χ4v) is 0.964. The molecule has 12 heavy (non-hydrogen) atoms. The third-order valence-corrected chi connectivity index (χ3v) is 1.80. The summed E-state index contributed by atoms with van der Waals surface area (Å²) in [6.07, 6.45) is 0. The lowest BCUT2D eigenvalue weighted by Crippen LogP contribution is -2.52. The lowest BCUT2D eigenvalue weighted by molar-refractivity contribution is -0.132. The number of guanidine groups is 1. The summed E-state index contributed by atoms with van der Waals surface area (Å²) in [5, 5.41) is 7.08. The van der Waals surface area contributed by atoms with Crippen LogP contribution in [0, 0.1) is 5.41 Å². The minimum atomic E-state index is -0.0218. The summed E-state index contributed by atoms with van der Waals surface area (Å²) < 4.78 is 0. The number of nitrogens with zero attached hydrogens (tertiary/aromatic N) is 2. The van der Waals surface area contributed by atoms with Crippen molar-refractivity contribution in [1.29, 1.82) is 5.41 Å². The molecule has 0 atom stereocenters. The highest BCUT2D eigenvalue weighted by Crippen LogP contribution is 1.98. The molecule has 0 bridgehead atoms. The Bertz CT molecular complexity index is 196. The standard InChI is InChI=1S/C6H12N4O.ClH/c1-9-2-3-10(6(7)8)4-5(9)11;/h2-4H2,1H3,(H3,7,8);1H. The molecule has 1 aliphatic heterocycles. The van der Waals surface area contributed by atoms with Crippen LogP contribution in [0.15, 0.2) is 0 Å². The van der Waals surface area contributed by atoms with E-state index in [-0.39, 0.29) is 30.8 Å². The Labute approximate surface area is 77.4 Å². The third-order valence-electron chi connectivity index (χ3n) is 1.80. The predicted octanol–water partition coefficient (Wildman–Crippen LogP) is -0.924. The zero-order chi connectivity index (χ0) is 8.43. The van der Waals surface area contributed by atoms with E-state index in [4.69, 9.17) is 11.1 Å². The molecular formula is C6H13ClN4O. The highest BCUT2D eigenvalue weighted by molar-refractivity contribution is 5.85. The van der Waals surface area contributed by atoms with E-state index in [1.165, 1.54) is 0 Å². The zero-order valence-electron chi connectivity index (χ0n) is 6.91. The molecule has 5 nitrogen and oxygen atoms in total. The van der Waals surface area contributed by atoms with Crippen LogP contribution >= 0.6 is 12.4 Å². The molecule has 3 N–H and O–H groups in total. The molecule has 1 amide bonds. The Balaban J connectivity index is 0.00000121. The molecule has 0 spiro atoms. The second-order valence-electron chi connectivity index (χ2n) is 2.62. The Hall–Kier alpha value is -0.970. The van der Waals surface area contributed by atoms with Gasteiger partial charge in [0.2, 0.25) is 5.91 Å². The molecule has 0 aromatic carbocycles. The van der Waals surface area contributed by atoms with E-state index in [0.29, 0.717) is 13.1 Å². The number of hydrogen-bond donors (Lipinski definition) is 2. The average molecular weight is 193 g/mol.